The van der Waals surface area contributed by atoms with Gasteiger partial charge < -0.3 is 10.6 Å². The maximum absolute atomic E-state index is 5.80. The molecule has 22 heavy (non-hydrogen) atoms. The van der Waals surface area contributed by atoms with Crippen LogP contribution in [0.25, 0.3) is 0 Å². The highest BCUT2D eigenvalue weighted by Crippen LogP contribution is 2.21. The van der Waals surface area contributed by atoms with E-state index in [4.69, 9.17) is 23.2 Å². The Balaban J connectivity index is 1.59. The third-order valence-electron chi connectivity index (χ3n) is 2.78. The molecule has 8 heteroatoms. The fourth-order valence-electron chi connectivity index (χ4n) is 1.76. The van der Waals surface area contributed by atoms with Crippen LogP contribution in [0.1, 0.15) is 4.88 Å². The van der Waals surface area contributed by atoms with Gasteiger partial charge in [0.1, 0.15) is 0 Å². The van der Waals surface area contributed by atoms with Gasteiger partial charge in [-0.3, -0.25) is 0 Å². The molecule has 0 amide bonds. The van der Waals surface area contributed by atoms with Crippen LogP contribution in [-0.4, -0.2) is 15.2 Å². The Bertz CT molecular complexity index is 743. The average molecular weight is 352 g/mol. The molecule has 3 rings (SSSR count). The van der Waals surface area contributed by atoms with Gasteiger partial charge in [-0.05, 0) is 36.4 Å². The highest BCUT2D eigenvalue weighted by molar-refractivity contribution is 7.15. The molecule has 2 heterocycles. The zero-order valence-corrected chi connectivity index (χ0v) is 13.6. The summed E-state index contributed by atoms with van der Waals surface area (Å²) in [7, 11) is 0. The number of nitrogens with one attached hydrogen (secondary N) is 2. The number of anilines is 3. The van der Waals surface area contributed by atoms with E-state index < -0.39 is 0 Å². The zero-order chi connectivity index (χ0) is 15.4. The van der Waals surface area contributed by atoms with E-state index in [9.17, 15) is 0 Å². The standard InChI is InChI=1S/C14H11Cl2N5S/c15-12-5-6-13(21-20-12)19-10-3-1-9(2-4-10)17-7-11-8-18-14(16)22-11/h1-6,8,17H,7H2,(H,19,21). The summed E-state index contributed by atoms with van der Waals surface area (Å²) in [4.78, 5) is 5.09. The van der Waals surface area contributed by atoms with Crippen molar-refractivity contribution >= 4 is 51.7 Å². The van der Waals surface area contributed by atoms with Crippen molar-refractivity contribution in [2.24, 2.45) is 0 Å². The molecule has 0 radical (unpaired) electrons. The minimum absolute atomic E-state index is 0.369. The summed E-state index contributed by atoms with van der Waals surface area (Å²) in [6.07, 6.45) is 1.77. The van der Waals surface area contributed by atoms with Gasteiger partial charge in [0.2, 0.25) is 0 Å². The van der Waals surface area contributed by atoms with Crippen molar-refractivity contribution < 1.29 is 0 Å². The molecule has 1 aromatic carbocycles. The van der Waals surface area contributed by atoms with Gasteiger partial charge in [-0.2, -0.15) is 0 Å². The number of hydrogen-bond acceptors (Lipinski definition) is 6. The van der Waals surface area contributed by atoms with Crippen LogP contribution in [0.5, 0.6) is 0 Å². The lowest BCUT2D eigenvalue weighted by molar-refractivity contribution is 1.04. The first kappa shape index (κ1) is 15.0. The molecule has 0 saturated carbocycles. The first-order valence-corrected chi connectivity index (χ1v) is 7.97. The molecule has 0 aliphatic carbocycles. The SMILES string of the molecule is Clc1ccc(Nc2ccc(NCc3cnc(Cl)s3)cc2)nn1. The molecule has 112 valence electrons. The number of benzene rings is 1. The van der Waals surface area contributed by atoms with Gasteiger partial charge in [0.15, 0.2) is 15.4 Å². The van der Waals surface area contributed by atoms with Crippen molar-refractivity contribution in [3.8, 4) is 0 Å². The molecule has 5 nitrogen and oxygen atoms in total. The first-order valence-electron chi connectivity index (χ1n) is 6.39. The third-order valence-corrected chi connectivity index (χ3v) is 4.10. The number of aromatic nitrogens is 3. The molecule has 0 aliphatic rings. The lowest BCUT2D eigenvalue weighted by Crippen LogP contribution is -1.98. The number of hydrogen-bond donors (Lipinski definition) is 2. The molecular weight excluding hydrogens is 341 g/mol. The molecule has 3 aromatic rings. The second kappa shape index (κ2) is 6.91. The smallest absolute Gasteiger partial charge is 0.183 e. The molecule has 0 bridgehead atoms. The number of halogens is 2. The van der Waals surface area contributed by atoms with Crippen LogP contribution < -0.4 is 10.6 Å². The molecule has 0 aliphatic heterocycles. The largest absolute Gasteiger partial charge is 0.380 e. The molecule has 0 atom stereocenters. The van der Waals surface area contributed by atoms with Crippen LogP contribution in [0.15, 0.2) is 42.6 Å². The van der Waals surface area contributed by atoms with Crippen molar-refractivity contribution in [2.45, 2.75) is 6.54 Å². The van der Waals surface area contributed by atoms with E-state index in [1.807, 2.05) is 24.3 Å². The van der Waals surface area contributed by atoms with E-state index in [1.165, 1.54) is 11.3 Å². The van der Waals surface area contributed by atoms with Gasteiger partial charge in [0.25, 0.3) is 0 Å². The van der Waals surface area contributed by atoms with Crippen LogP contribution in [0.2, 0.25) is 9.62 Å². The lowest BCUT2D eigenvalue weighted by Gasteiger charge is -2.07. The Morgan fingerprint density at radius 2 is 1.73 bits per heavy atom. The van der Waals surface area contributed by atoms with E-state index >= 15 is 0 Å². The summed E-state index contributed by atoms with van der Waals surface area (Å²) in [5.74, 6) is 0.643. The van der Waals surface area contributed by atoms with E-state index in [-0.39, 0.29) is 0 Å². The fourth-order valence-corrected chi connectivity index (χ4v) is 2.77. The first-order chi connectivity index (χ1) is 10.7. The molecule has 2 aromatic heterocycles. The molecule has 0 spiro atoms. The Hall–Kier alpha value is -1.89. The van der Waals surface area contributed by atoms with Crippen LogP contribution in [0, 0.1) is 0 Å². The van der Waals surface area contributed by atoms with Crippen LogP contribution in [0.3, 0.4) is 0 Å². The van der Waals surface area contributed by atoms with Crippen molar-refractivity contribution in [3.63, 3.8) is 0 Å². The van der Waals surface area contributed by atoms with Gasteiger partial charge in [-0.25, -0.2) is 4.98 Å². The normalized spacial score (nSPS) is 10.5. The average Bonchev–Trinajstić information content (AvgIpc) is 2.94. The Kier molecular flexibility index (Phi) is 4.72. The summed E-state index contributed by atoms with van der Waals surface area (Å²) in [5.41, 5.74) is 1.93. The third kappa shape index (κ3) is 4.07. The maximum atomic E-state index is 5.80. The molecule has 0 fully saturated rings. The summed E-state index contributed by atoms with van der Waals surface area (Å²) in [6.45, 7) is 0.694. The predicted molar refractivity (Wildman–Crippen MR) is 91.2 cm³/mol. The molecule has 0 saturated heterocycles. The summed E-state index contributed by atoms with van der Waals surface area (Å²) in [6, 6.07) is 11.3. The maximum Gasteiger partial charge on any atom is 0.183 e. The van der Waals surface area contributed by atoms with E-state index in [0.717, 1.165) is 16.3 Å². The zero-order valence-electron chi connectivity index (χ0n) is 11.3. The van der Waals surface area contributed by atoms with Gasteiger partial charge in [0.05, 0.1) is 6.54 Å². The van der Waals surface area contributed by atoms with Crippen molar-refractivity contribution in [1.29, 1.82) is 0 Å². The molecular formula is C14H11Cl2N5S. The second-order valence-electron chi connectivity index (χ2n) is 4.38. The van der Waals surface area contributed by atoms with Crippen molar-refractivity contribution in [3.05, 3.63) is 57.1 Å². The van der Waals surface area contributed by atoms with Crippen LogP contribution in [0.4, 0.5) is 17.2 Å². The fraction of sp³-hybridized carbons (Fsp3) is 0.0714. The topological polar surface area (TPSA) is 62.7 Å². The van der Waals surface area contributed by atoms with E-state index in [2.05, 4.69) is 25.8 Å². The van der Waals surface area contributed by atoms with Crippen LogP contribution in [-0.2, 0) is 6.54 Å². The summed E-state index contributed by atoms with van der Waals surface area (Å²) >= 11 is 13.0. The Morgan fingerprint density at radius 3 is 2.36 bits per heavy atom. The Labute approximate surface area is 141 Å². The molecule has 0 unspecified atom stereocenters. The minimum Gasteiger partial charge on any atom is -0.380 e. The predicted octanol–water partition coefficient (Wildman–Crippen LogP) is 4.60. The van der Waals surface area contributed by atoms with E-state index in [0.29, 0.717) is 22.0 Å². The highest BCUT2D eigenvalue weighted by Gasteiger charge is 2.01. The minimum atomic E-state index is 0.369. The Morgan fingerprint density at radius 1 is 0.955 bits per heavy atom. The van der Waals surface area contributed by atoms with E-state index in [1.54, 1.807) is 18.3 Å². The summed E-state index contributed by atoms with van der Waals surface area (Å²) in [5, 5.41) is 14.6. The second-order valence-corrected chi connectivity index (χ2v) is 6.46. The molecule has 2 N–H and O–H groups in total. The number of nitrogens with zero attached hydrogens (tertiary/aromatic N) is 3. The van der Waals surface area contributed by atoms with Gasteiger partial charge in [-0.1, -0.05) is 23.2 Å². The number of thiazole rings is 1. The lowest BCUT2D eigenvalue weighted by atomic mass is 10.2. The van der Waals surface area contributed by atoms with Crippen molar-refractivity contribution in [2.75, 3.05) is 10.6 Å². The monoisotopic (exact) mass is 351 g/mol. The quantitative estimate of drug-likeness (QED) is 0.703. The number of rotatable bonds is 5. The van der Waals surface area contributed by atoms with Gasteiger partial charge >= 0.3 is 0 Å². The highest BCUT2D eigenvalue weighted by atomic mass is 35.5. The summed E-state index contributed by atoms with van der Waals surface area (Å²) < 4.78 is 0.556. The van der Waals surface area contributed by atoms with Crippen molar-refractivity contribution in [1.82, 2.24) is 15.2 Å². The van der Waals surface area contributed by atoms with Gasteiger partial charge in [0, 0.05) is 22.4 Å². The van der Waals surface area contributed by atoms with Gasteiger partial charge in [-0.15, -0.1) is 21.5 Å². The van der Waals surface area contributed by atoms with Crippen LogP contribution >= 0.6 is 34.5 Å².